The highest BCUT2D eigenvalue weighted by Crippen LogP contribution is 2.17. The Balaban J connectivity index is 2.69. The molecule has 0 saturated heterocycles. The summed E-state index contributed by atoms with van der Waals surface area (Å²) in [5, 5.41) is 11.3. The summed E-state index contributed by atoms with van der Waals surface area (Å²) in [5.41, 5.74) is 0.346. The first kappa shape index (κ1) is 7.25. The zero-order chi connectivity index (χ0) is 7.56. The van der Waals surface area contributed by atoms with Gasteiger partial charge in [0, 0.05) is 5.92 Å². The van der Waals surface area contributed by atoms with E-state index in [9.17, 15) is 4.79 Å². The van der Waals surface area contributed by atoms with E-state index in [0.29, 0.717) is 12.1 Å². The van der Waals surface area contributed by atoms with Crippen molar-refractivity contribution in [2.24, 2.45) is 11.1 Å². The van der Waals surface area contributed by atoms with E-state index in [0.717, 1.165) is 12.8 Å². The van der Waals surface area contributed by atoms with Crippen LogP contribution in [0.2, 0.25) is 0 Å². The molecule has 3 heteroatoms. The minimum atomic E-state index is 0.00810. The van der Waals surface area contributed by atoms with Gasteiger partial charge in [-0.1, -0.05) is 12.1 Å². The van der Waals surface area contributed by atoms with Crippen LogP contribution in [0.25, 0.3) is 0 Å². The quantitative estimate of drug-likeness (QED) is 0.407. The molecule has 1 unspecified atom stereocenters. The van der Waals surface area contributed by atoms with Gasteiger partial charge in [0.1, 0.15) is 5.71 Å². The van der Waals surface area contributed by atoms with Crippen molar-refractivity contribution in [2.75, 3.05) is 0 Å². The number of hydrogen-bond acceptors (Lipinski definition) is 3. The van der Waals surface area contributed by atoms with Crippen molar-refractivity contribution in [3.63, 3.8) is 0 Å². The summed E-state index contributed by atoms with van der Waals surface area (Å²) < 4.78 is 0. The second-order valence-electron chi connectivity index (χ2n) is 2.70. The lowest BCUT2D eigenvalue weighted by atomic mass is 9.88. The van der Waals surface area contributed by atoms with E-state index in [1.807, 2.05) is 6.92 Å². The van der Waals surface area contributed by atoms with Crippen molar-refractivity contribution in [1.82, 2.24) is 0 Å². The maximum atomic E-state index is 11.1. The molecule has 0 aromatic rings. The Morgan fingerprint density at radius 1 is 1.70 bits per heavy atom. The monoisotopic (exact) mass is 141 g/mol. The highest BCUT2D eigenvalue weighted by molar-refractivity contribution is 6.40. The molecule has 1 aliphatic rings. The summed E-state index contributed by atoms with van der Waals surface area (Å²) in [5.74, 6) is 0.0633. The van der Waals surface area contributed by atoms with Crippen LogP contribution < -0.4 is 0 Å². The number of oxime groups is 1. The Bertz CT molecular complexity index is 174. The first-order valence-electron chi connectivity index (χ1n) is 3.51. The maximum absolute atomic E-state index is 11.1. The fourth-order valence-electron chi connectivity index (χ4n) is 1.21. The molecule has 1 rings (SSSR count). The van der Waals surface area contributed by atoms with Gasteiger partial charge in [-0.3, -0.25) is 4.79 Å². The zero-order valence-electron chi connectivity index (χ0n) is 6.00. The van der Waals surface area contributed by atoms with Crippen LogP contribution in [-0.4, -0.2) is 16.7 Å². The SMILES string of the molecule is CC1CCCC(=NO)C1=O. The molecule has 0 heterocycles. The number of Topliss-reactive ketones (excluding diaryl/α,β-unsaturated/α-hetero) is 1. The van der Waals surface area contributed by atoms with Gasteiger partial charge in [0.05, 0.1) is 0 Å². The third-order valence-electron chi connectivity index (χ3n) is 1.90. The lowest BCUT2D eigenvalue weighted by Crippen LogP contribution is -2.26. The highest BCUT2D eigenvalue weighted by Gasteiger charge is 2.23. The fourth-order valence-corrected chi connectivity index (χ4v) is 1.21. The van der Waals surface area contributed by atoms with Crippen LogP contribution in [0.3, 0.4) is 0 Å². The summed E-state index contributed by atoms with van der Waals surface area (Å²) in [7, 11) is 0. The van der Waals surface area contributed by atoms with E-state index >= 15 is 0 Å². The molecule has 1 aliphatic carbocycles. The molecule has 10 heavy (non-hydrogen) atoms. The molecule has 0 bridgehead atoms. The van der Waals surface area contributed by atoms with Gasteiger partial charge in [0.2, 0.25) is 0 Å². The van der Waals surface area contributed by atoms with Gasteiger partial charge >= 0.3 is 0 Å². The van der Waals surface area contributed by atoms with Gasteiger partial charge in [0.25, 0.3) is 0 Å². The van der Waals surface area contributed by atoms with Crippen LogP contribution in [-0.2, 0) is 4.79 Å². The minimum Gasteiger partial charge on any atom is -0.411 e. The van der Waals surface area contributed by atoms with Crippen LogP contribution >= 0.6 is 0 Å². The molecular formula is C7H11NO2. The minimum absolute atomic E-state index is 0.00810. The van der Waals surface area contributed by atoms with Gasteiger partial charge in [-0.15, -0.1) is 0 Å². The van der Waals surface area contributed by atoms with Gasteiger partial charge in [-0.05, 0) is 19.3 Å². The standard InChI is InChI=1S/C7H11NO2/c1-5-3-2-4-6(8-10)7(5)9/h5,10H,2-4H2,1H3. The zero-order valence-corrected chi connectivity index (χ0v) is 6.00. The molecule has 0 radical (unpaired) electrons. The topological polar surface area (TPSA) is 49.7 Å². The molecule has 56 valence electrons. The molecule has 0 aromatic carbocycles. The largest absolute Gasteiger partial charge is 0.411 e. The van der Waals surface area contributed by atoms with Crippen molar-refractivity contribution in [1.29, 1.82) is 0 Å². The van der Waals surface area contributed by atoms with Crippen molar-refractivity contribution in [2.45, 2.75) is 26.2 Å². The van der Waals surface area contributed by atoms with Crippen LogP contribution in [0.15, 0.2) is 5.16 Å². The van der Waals surface area contributed by atoms with E-state index in [1.165, 1.54) is 0 Å². The predicted octanol–water partition coefficient (Wildman–Crippen LogP) is 1.21. The van der Waals surface area contributed by atoms with Crippen LogP contribution in [0.4, 0.5) is 0 Å². The summed E-state index contributed by atoms with van der Waals surface area (Å²) in [4.78, 5) is 11.1. The van der Waals surface area contributed by atoms with E-state index in [2.05, 4.69) is 5.16 Å². The third kappa shape index (κ3) is 1.17. The molecule has 1 N–H and O–H groups in total. The van der Waals surface area contributed by atoms with E-state index in [-0.39, 0.29) is 11.7 Å². The second kappa shape index (κ2) is 2.82. The number of ketones is 1. The summed E-state index contributed by atoms with van der Waals surface area (Å²) in [6.07, 6.45) is 2.53. The number of hydrogen-bond donors (Lipinski definition) is 1. The van der Waals surface area contributed by atoms with Gasteiger partial charge < -0.3 is 5.21 Å². The second-order valence-corrected chi connectivity index (χ2v) is 2.70. The first-order valence-corrected chi connectivity index (χ1v) is 3.51. The normalized spacial score (nSPS) is 31.1. The van der Waals surface area contributed by atoms with Crippen LogP contribution in [0, 0.1) is 5.92 Å². The van der Waals surface area contributed by atoms with Crippen molar-refractivity contribution in [3.05, 3.63) is 0 Å². The number of carbonyl (C=O) groups is 1. The van der Waals surface area contributed by atoms with E-state index < -0.39 is 0 Å². The van der Waals surface area contributed by atoms with Crippen LogP contribution in [0.5, 0.6) is 0 Å². The smallest absolute Gasteiger partial charge is 0.183 e. The number of carbonyl (C=O) groups excluding carboxylic acids is 1. The molecule has 0 aromatic heterocycles. The molecule has 0 amide bonds. The molecule has 3 nitrogen and oxygen atoms in total. The fraction of sp³-hybridized carbons (Fsp3) is 0.714. The van der Waals surface area contributed by atoms with Crippen LogP contribution in [0.1, 0.15) is 26.2 Å². The summed E-state index contributed by atoms with van der Waals surface area (Å²) >= 11 is 0. The highest BCUT2D eigenvalue weighted by atomic mass is 16.4. The molecule has 0 spiro atoms. The first-order chi connectivity index (χ1) is 4.75. The average molecular weight is 141 g/mol. The lowest BCUT2D eigenvalue weighted by Gasteiger charge is -2.15. The van der Waals surface area contributed by atoms with E-state index in [1.54, 1.807) is 0 Å². The Hall–Kier alpha value is -0.860. The van der Waals surface area contributed by atoms with Gasteiger partial charge in [-0.25, -0.2) is 0 Å². The molecular weight excluding hydrogens is 130 g/mol. The van der Waals surface area contributed by atoms with E-state index in [4.69, 9.17) is 5.21 Å². The van der Waals surface area contributed by atoms with Gasteiger partial charge in [-0.2, -0.15) is 0 Å². The maximum Gasteiger partial charge on any atom is 0.183 e. The number of nitrogens with zero attached hydrogens (tertiary/aromatic N) is 1. The average Bonchev–Trinajstić information content (AvgIpc) is 1.95. The Morgan fingerprint density at radius 2 is 2.40 bits per heavy atom. The Morgan fingerprint density at radius 3 is 2.90 bits per heavy atom. The molecule has 0 aliphatic heterocycles. The molecule has 1 atom stereocenters. The third-order valence-corrected chi connectivity index (χ3v) is 1.90. The van der Waals surface area contributed by atoms with Crippen molar-refractivity contribution in [3.8, 4) is 0 Å². The van der Waals surface area contributed by atoms with Crippen molar-refractivity contribution < 1.29 is 10.0 Å². The summed E-state index contributed by atoms with van der Waals surface area (Å²) in [6, 6.07) is 0. The number of rotatable bonds is 0. The Kier molecular flexibility index (Phi) is 2.04. The lowest BCUT2D eigenvalue weighted by molar-refractivity contribution is -0.117. The summed E-state index contributed by atoms with van der Waals surface area (Å²) in [6.45, 7) is 1.87. The van der Waals surface area contributed by atoms with Crippen molar-refractivity contribution >= 4 is 11.5 Å². The molecule has 1 saturated carbocycles. The molecule has 1 fully saturated rings. The van der Waals surface area contributed by atoms with Gasteiger partial charge in [0.15, 0.2) is 5.78 Å². The Labute approximate surface area is 59.7 Å². The predicted molar refractivity (Wildman–Crippen MR) is 37.2 cm³/mol.